The lowest BCUT2D eigenvalue weighted by molar-refractivity contribution is 0.0697. The Morgan fingerprint density at radius 3 is 2.29 bits per heavy atom. The molecule has 3 rings (SSSR count). The Morgan fingerprint density at radius 2 is 1.57 bits per heavy atom. The predicted molar refractivity (Wildman–Crippen MR) is 79.9 cm³/mol. The fraction of sp³-hybridized carbons (Fsp3) is 0. The normalized spacial score (nSPS) is 10.3. The highest BCUT2D eigenvalue weighted by Gasteiger charge is 2.07. The van der Waals surface area contributed by atoms with E-state index < -0.39 is 5.97 Å². The maximum absolute atomic E-state index is 11.0. The number of benzene rings is 1. The van der Waals surface area contributed by atoms with Gasteiger partial charge in [0.05, 0.1) is 17.0 Å². The molecule has 2 heterocycles. The molecule has 21 heavy (non-hydrogen) atoms. The van der Waals surface area contributed by atoms with Crippen LogP contribution in [0.15, 0.2) is 67.0 Å². The van der Waals surface area contributed by atoms with Crippen LogP contribution in [-0.4, -0.2) is 21.0 Å². The van der Waals surface area contributed by atoms with Gasteiger partial charge in [0.2, 0.25) is 0 Å². The molecule has 0 aliphatic carbocycles. The van der Waals surface area contributed by atoms with Gasteiger partial charge in [-0.1, -0.05) is 24.3 Å². The zero-order valence-corrected chi connectivity index (χ0v) is 11.1. The predicted octanol–water partition coefficient (Wildman–Crippen LogP) is 3.51. The topological polar surface area (TPSA) is 63.1 Å². The maximum Gasteiger partial charge on any atom is 0.335 e. The number of aromatic carboxylic acids is 1. The lowest BCUT2D eigenvalue weighted by Gasteiger charge is -2.05. The Bertz CT molecular complexity index is 786. The molecule has 0 spiro atoms. The third-order valence-electron chi connectivity index (χ3n) is 3.13. The van der Waals surface area contributed by atoms with Crippen LogP contribution in [0.3, 0.4) is 0 Å². The molecule has 0 aliphatic heterocycles. The zero-order chi connectivity index (χ0) is 14.7. The van der Waals surface area contributed by atoms with Crippen molar-refractivity contribution in [2.75, 3.05) is 0 Å². The molecule has 1 aromatic carbocycles. The smallest absolute Gasteiger partial charge is 0.335 e. The molecule has 1 N–H and O–H groups in total. The molecule has 3 aromatic rings. The van der Waals surface area contributed by atoms with E-state index in [2.05, 4.69) is 9.97 Å². The van der Waals surface area contributed by atoms with Crippen LogP contribution in [-0.2, 0) is 0 Å². The van der Waals surface area contributed by atoms with Crippen LogP contribution in [0.4, 0.5) is 0 Å². The van der Waals surface area contributed by atoms with E-state index in [0.717, 1.165) is 16.8 Å². The monoisotopic (exact) mass is 276 g/mol. The number of hydrogen-bond donors (Lipinski definition) is 1. The first-order chi connectivity index (χ1) is 10.2. The molecular weight excluding hydrogens is 264 g/mol. The first-order valence-electron chi connectivity index (χ1n) is 6.45. The summed E-state index contributed by atoms with van der Waals surface area (Å²) >= 11 is 0. The highest BCUT2D eigenvalue weighted by atomic mass is 16.4. The minimum Gasteiger partial charge on any atom is -0.478 e. The number of hydrogen-bond acceptors (Lipinski definition) is 3. The fourth-order valence-corrected chi connectivity index (χ4v) is 2.09. The van der Waals surface area contributed by atoms with Gasteiger partial charge in [0.25, 0.3) is 0 Å². The molecule has 0 amide bonds. The van der Waals surface area contributed by atoms with Crippen molar-refractivity contribution in [1.82, 2.24) is 9.97 Å². The van der Waals surface area contributed by atoms with E-state index in [9.17, 15) is 4.79 Å². The standard InChI is InChI=1S/C17H12N2O2/c20-17(21)14-7-9-19-16(11-14)13-5-3-4-12(10-13)15-6-1-2-8-18-15/h1-11H,(H,20,21). The number of carboxylic acids is 1. The molecular formula is C17H12N2O2. The van der Waals surface area contributed by atoms with E-state index in [0.29, 0.717) is 5.69 Å². The van der Waals surface area contributed by atoms with Gasteiger partial charge in [-0.2, -0.15) is 0 Å². The second-order valence-corrected chi connectivity index (χ2v) is 4.53. The molecule has 0 radical (unpaired) electrons. The summed E-state index contributed by atoms with van der Waals surface area (Å²) in [6.07, 6.45) is 3.25. The Hall–Kier alpha value is -3.01. The molecule has 0 fully saturated rings. The average molecular weight is 276 g/mol. The highest BCUT2D eigenvalue weighted by molar-refractivity contribution is 5.89. The van der Waals surface area contributed by atoms with E-state index in [1.54, 1.807) is 12.3 Å². The Balaban J connectivity index is 2.04. The number of nitrogens with zero attached hydrogens (tertiary/aromatic N) is 2. The third kappa shape index (κ3) is 2.79. The number of pyridine rings is 2. The van der Waals surface area contributed by atoms with Crippen LogP contribution in [0.25, 0.3) is 22.5 Å². The van der Waals surface area contributed by atoms with Crippen molar-refractivity contribution in [3.63, 3.8) is 0 Å². The van der Waals surface area contributed by atoms with Gasteiger partial charge >= 0.3 is 5.97 Å². The van der Waals surface area contributed by atoms with Crippen LogP contribution in [0, 0.1) is 0 Å². The van der Waals surface area contributed by atoms with Crippen LogP contribution in [0.1, 0.15) is 10.4 Å². The lowest BCUT2D eigenvalue weighted by atomic mass is 10.0. The van der Waals surface area contributed by atoms with Gasteiger partial charge < -0.3 is 5.11 Å². The van der Waals surface area contributed by atoms with Crippen LogP contribution >= 0.6 is 0 Å². The van der Waals surface area contributed by atoms with Gasteiger partial charge in [0, 0.05) is 23.5 Å². The third-order valence-corrected chi connectivity index (χ3v) is 3.13. The molecule has 0 saturated carbocycles. The minimum atomic E-state index is -0.959. The minimum absolute atomic E-state index is 0.225. The van der Waals surface area contributed by atoms with Gasteiger partial charge in [-0.05, 0) is 30.3 Å². The number of carboxylic acid groups (broad SMARTS) is 1. The summed E-state index contributed by atoms with van der Waals surface area (Å²) in [4.78, 5) is 19.6. The highest BCUT2D eigenvalue weighted by Crippen LogP contribution is 2.24. The molecule has 0 atom stereocenters. The lowest BCUT2D eigenvalue weighted by Crippen LogP contribution is -1.97. The van der Waals surface area contributed by atoms with Crippen LogP contribution in [0.2, 0.25) is 0 Å². The first-order valence-corrected chi connectivity index (χ1v) is 6.45. The quantitative estimate of drug-likeness (QED) is 0.795. The molecule has 102 valence electrons. The van der Waals surface area contributed by atoms with Crippen molar-refractivity contribution in [3.05, 3.63) is 72.6 Å². The van der Waals surface area contributed by atoms with Gasteiger partial charge in [-0.15, -0.1) is 0 Å². The summed E-state index contributed by atoms with van der Waals surface area (Å²) in [5.41, 5.74) is 3.56. The molecule has 0 saturated heterocycles. The van der Waals surface area contributed by atoms with E-state index in [4.69, 9.17) is 5.11 Å². The number of rotatable bonds is 3. The van der Waals surface area contributed by atoms with E-state index >= 15 is 0 Å². The van der Waals surface area contributed by atoms with Crippen molar-refractivity contribution < 1.29 is 9.90 Å². The number of carbonyl (C=O) groups is 1. The fourth-order valence-electron chi connectivity index (χ4n) is 2.09. The largest absolute Gasteiger partial charge is 0.478 e. The second-order valence-electron chi connectivity index (χ2n) is 4.53. The van der Waals surface area contributed by atoms with Crippen molar-refractivity contribution >= 4 is 5.97 Å². The summed E-state index contributed by atoms with van der Waals surface area (Å²) in [5, 5.41) is 9.05. The summed E-state index contributed by atoms with van der Waals surface area (Å²) in [7, 11) is 0. The Kier molecular flexibility index (Phi) is 3.43. The van der Waals surface area contributed by atoms with Gasteiger partial charge in [-0.3, -0.25) is 9.97 Å². The first kappa shape index (κ1) is 13.0. The SMILES string of the molecule is O=C(O)c1ccnc(-c2cccc(-c3ccccn3)c2)c1. The van der Waals surface area contributed by atoms with E-state index in [1.807, 2.05) is 42.5 Å². The van der Waals surface area contributed by atoms with Crippen molar-refractivity contribution in [3.8, 4) is 22.5 Å². The molecule has 2 aromatic heterocycles. The summed E-state index contributed by atoms with van der Waals surface area (Å²) in [6, 6.07) is 16.5. The van der Waals surface area contributed by atoms with Gasteiger partial charge in [0.1, 0.15) is 0 Å². The van der Waals surface area contributed by atoms with Crippen LogP contribution in [0.5, 0.6) is 0 Å². The maximum atomic E-state index is 11.0. The molecule has 0 aliphatic rings. The average Bonchev–Trinajstić information content (AvgIpc) is 2.56. The molecule has 4 heteroatoms. The van der Waals surface area contributed by atoms with Gasteiger partial charge in [0.15, 0.2) is 0 Å². The Morgan fingerprint density at radius 1 is 0.810 bits per heavy atom. The van der Waals surface area contributed by atoms with Crippen molar-refractivity contribution in [1.29, 1.82) is 0 Å². The van der Waals surface area contributed by atoms with Gasteiger partial charge in [-0.25, -0.2) is 4.79 Å². The van der Waals surface area contributed by atoms with E-state index in [-0.39, 0.29) is 5.56 Å². The summed E-state index contributed by atoms with van der Waals surface area (Å²) < 4.78 is 0. The van der Waals surface area contributed by atoms with Crippen molar-refractivity contribution in [2.24, 2.45) is 0 Å². The van der Waals surface area contributed by atoms with E-state index in [1.165, 1.54) is 12.3 Å². The molecule has 0 unspecified atom stereocenters. The second kappa shape index (κ2) is 5.54. The Labute approximate surface area is 121 Å². The zero-order valence-electron chi connectivity index (χ0n) is 11.1. The van der Waals surface area contributed by atoms with Crippen LogP contribution < -0.4 is 0 Å². The summed E-state index contributed by atoms with van der Waals surface area (Å²) in [6.45, 7) is 0. The summed E-state index contributed by atoms with van der Waals surface area (Å²) in [5.74, 6) is -0.959. The number of aromatic nitrogens is 2. The van der Waals surface area contributed by atoms with Crippen molar-refractivity contribution in [2.45, 2.75) is 0 Å². The molecule has 4 nitrogen and oxygen atoms in total. The molecule has 0 bridgehead atoms.